The standard InChI is InChI=1S/C17H26N2/c1-6-8-15-10-11-17(4,14(2)3)19-13-16(15)9-7-12-18-5/h6-11,13-14,18H,12H2,1-5H3/b8-6+,9-7-. The number of likely N-dealkylation sites (N-methyl/N-ethyl adjacent to an activating group) is 1. The van der Waals surface area contributed by atoms with Gasteiger partial charge in [-0.3, -0.25) is 4.99 Å². The molecule has 0 aromatic heterocycles. The van der Waals surface area contributed by atoms with Gasteiger partial charge in [0, 0.05) is 12.8 Å². The van der Waals surface area contributed by atoms with E-state index in [9.17, 15) is 0 Å². The van der Waals surface area contributed by atoms with Crippen LogP contribution in [0.25, 0.3) is 0 Å². The third-order valence-electron chi connectivity index (χ3n) is 3.55. The molecule has 0 fully saturated rings. The van der Waals surface area contributed by atoms with Gasteiger partial charge in [-0.2, -0.15) is 0 Å². The molecule has 0 spiro atoms. The van der Waals surface area contributed by atoms with E-state index in [1.54, 1.807) is 0 Å². The van der Waals surface area contributed by atoms with E-state index in [0.717, 1.165) is 12.1 Å². The second kappa shape index (κ2) is 7.25. The molecule has 1 aliphatic heterocycles. The van der Waals surface area contributed by atoms with Crippen LogP contribution in [0.2, 0.25) is 0 Å². The summed E-state index contributed by atoms with van der Waals surface area (Å²) in [5.41, 5.74) is 2.25. The van der Waals surface area contributed by atoms with Crippen molar-refractivity contribution in [2.45, 2.75) is 33.2 Å². The first-order valence-electron chi connectivity index (χ1n) is 6.96. The molecule has 0 aliphatic carbocycles. The van der Waals surface area contributed by atoms with Crippen molar-refractivity contribution in [3.8, 4) is 0 Å². The highest BCUT2D eigenvalue weighted by atomic mass is 14.8. The molecule has 1 aliphatic rings. The van der Waals surface area contributed by atoms with Crippen molar-refractivity contribution in [2.75, 3.05) is 13.6 Å². The molecule has 1 unspecified atom stereocenters. The predicted molar refractivity (Wildman–Crippen MR) is 85.8 cm³/mol. The van der Waals surface area contributed by atoms with Gasteiger partial charge in [0.05, 0.1) is 5.54 Å². The van der Waals surface area contributed by atoms with E-state index in [1.807, 2.05) is 20.2 Å². The van der Waals surface area contributed by atoms with Crippen LogP contribution in [0.4, 0.5) is 0 Å². The van der Waals surface area contributed by atoms with Gasteiger partial charge >= 0.3 is 0 Å². The molecule has 104 valence electrons. The molecule has 0 saturated carbocycles. The fourth-order valence-electron chi connectivity index (χ4n) is 1.80. The summed E-state index contributed by atoms with van der Waals surface area (Å²) in [4.78, 5) is 4.77. The Kier molecular flexibility index (Phi) is 5.97. The van der Waals surface area contributed by atoms with Crippen molar-refractivity contribution < 1.29 is 0 Å². The maximum absolute atomic E-state index is 4.77. The Bertz CT molecular complexity index is 436. The number of aliphatic imine (C=N–C) groups is 1. The Morgan fingerprint density at radius 3 is 2.63 bits per heavy atom. The highest BCUT2D eigenvalue weighted by molar-refractivity contribution is 5.86. The SMILES string of the molecule is C/C=C/C1=C(/C=C\CNC)C=NC(C)(C(C)C)C=C1. The topological polar surface area (TPSA) is 24.4 Å². The Balaban J connectivity index is 3.11. The average molecular weight is 258 g/mol. The lowest BCUT2D eigenvalue weighted by Crippen LogP contribution is -2.26. The molecule has 1 rings (SSSR count). The van der Waals surface area contributed by atoms with Gasteiger partial charge in [-0.25, -0.2) is 0 Å². The lowest BCUT2D eigenvalue weighted by molar-refractivity contribution is 0.424. The largest absolute Gasteiger partial charge is 0.316 e. The molecule has 2 nitrogen and oxygen atoms in total. The summed E-state index contributed by atoms with van der Waals surface area (Å²) in [6.07, 6.45) is 14.9. The first-order chi connectivity index (χ1) is 9.03. The Hall–Kier alpha value is -1.41. The number of allylic oxidation sites excluding steroid dienone is 6. The van der Waals surface area contributed by atoms with Gasteiger partial charge in [0.1, 0.15) is 0 Å². The fourth-order valence-corrected chi connectivity index (χ4v) is 1.80. The van der Waals surface area contributed by atoms with E-state index in [4.69, 9.17) is 4.99 Å². The first-order valence-corrected chi connectivity index (χ1v) is 6.96. The van der Waals surface area contributed by atoms with Crippen molar-refractivity contribution in [3.05, 3.63) is 47.6 Å². The van der Waals surface area contributed by atoms with Crippen molar-refractivity contribution >= 4 is 6.21 Å². The van der Waals surface area contributed by atoms with E-state index in [1.165, 1.54) is 5.57 Å². The maximum Gasteiger partial charge on any atom is 0.0785 e. The molecule has 2 heteroatoms. The third kappa shape index (κ3) is 4.32. The van der Waals surface area contributed by atoms with Gasteiger partial charge in [-0.1, -0.05) is 50.3 Å². The molecule has 0 radical (unpaired) electrons. The number of nitrogens with one attached hydrogen (secondary N) is 1. The molecule has 19 heavy (non-hydrogen) atoms. The molecule has 0 aromatic rings. The molecule has 0 saturated heterocycles. The summed E-state index contributed by atoms with van der Waals surface area (Å²) in [6.45, 7) is 9.50. The van der Waals surface area contributed by atoms with E-state index in [2.05, 4.69) is 62.5 Å². The van der Waals surface area contributed by atoms with Crippen LogP contribution in [0.15, 0.2) is 52.6 Å². The van der Waals surface area contributed by atoms with E-state index in [-0.39, 0.29) is 5.54 Å². The van der Waals surface area contributed by atoms with Crippen molar-refractivity contribution in [1.82, 2.24) is 5.32 Å². The predicted octanol–water partition coefficient (Wildman–Crippen LogP) is 3.69. The number of hydrogen-bond acceptors (Lipinski definition) is 2. The first kappa shape index (κ1) is 15.6. The second-order valence-corrected chi connectivity index (χ2v) is 5.34. The summed E-state index contributed by atoms with van der Waals surface area (Å²) in [5.74, 6) is 0.479. The molecule has 1 atom stereocenters. The molecule has 1 heterocycles. The highest BCUT2D eigenvalue weighted by Gasteiger charge is 2.24. The smallest absolute Gasteiger partial charge is 0.0785 e. The molecule has 1 N–H and O–H groups in total. The minimum absolute atomic E-state index is 0.120. The van der Waals surface area contributed by atoms with Gasteiger partial charge in [0.2, 0.25) is 0 Å². The fraction of sp³-hybridized carbons (Fsp3) is 0.471. The Morgan fingerprint density at radius 1 is 1.32 bits per heavy atom. The summed E-state index contributed by atoms with van der Waals surface area (Å²) in [6, 6.07) is 0. The molecule has 0 amide bonds. The monoisotopic (exact) mass is 258 g/mol. The molecule has 0 bridgehead atoms. The molecular formula is C17H26N2. The third-order valence-corrected chi connectivity index (χ3v) is 3.55. The number of nitrogens with zero attached hydrogens (tertiary/aromatic N) is 1. The van der Waals surface area contributed by atoms with Crippen LogP contribution in [-0.2, 0) is 0 Å². The zero-order valence-electron chi connectivity index (χ0n) is 12.8. The van der Waals surface area contributed by atoms with Crippen LogP contribution in [0, 0.1) is 5.92 Å². The second-order valence-electron chi connectivity index (χ2n) is 5.34. The molecule has 0 aromatic carbocycles. The zero-order chi connectivity index (χ0) is 14.3. The quantitative estimate of drug-likeness (QED) is 0.799. The van der Waals surface area contributed by atoms with Crippen LogP contribution in [-0.4, -0.2) is 25.3 Å². The highest BCUT2D eigenvalue weighted by Crippen LogP contribution is 2.27. The lowest BCUT2D eigenvalue weighted by Gasteiger charge is -2.25. The van der Waals surface area contributed by atoms with Gasteiger partial charge in [-0.15, -0.1) is 0 Å². The summed E-state index contributed by atoms with van der Waals surface area (Å²) >= 11 is 0. The lowest BCUT2D eigenvalue weighted by atomic mass is 9.88. The minimum atomic E-state index is -0.120. The van der Waals surface area contributed by atoms with Crippen LogP contribution in [0.5, 0.6) is 0 Å². The van der Waals surface area contributed by atoms with Crippen molar-refractivity contribution in [2.24, 2.45) is 10.9 Å². The number of hydrogen-bond donors (Lipinski definition) is 1. The van der Waals surface area contributed by atoms with Gasteiger partial charge in [-0.05, 0) is 38.0 Å². The van der Waals surface area contributed by atoms with Crippen LogP contribution in [0.3, 0.4) is 0 Å². The average Bonchev–Trinajstić information content (AvgIpc) is 2.53. The summed E-state index contributed by atoms with van der Waals surface area (Å²) < 4.78 is 0. The van der Waals surface area contributed by atoms with E-state index < -0.39 is 0 Å². The minimum Gasteiger partial charge on any atom is -0.316 e. The van der Waals surface area contributed by atoms with Crippen molar-refractivity contribution in [3.63, 3.8) is 0 Å². The van der Waals surface area contributed by atoms with Crippen molar-refractivity contribution in [1.29, 1.82) is 0 Å². The van der Waals surface area contributed by atoms with Gasteiger partial charge < -0.3 is 5.32 Å². The van der Waals surface area contributed by atoms with Gasteiger partial charge in [0.15, 0.2) is 0 Å². The van der Waals surface area contributed by atoms with Gasteiger partial charge in [0.25, 0.3) is 0 Å². The Labute approximate surface area is 117 Å². The van der Waals surface area contributed by atoms with E-state index >= 15 is 0 Å². The molecular weight excluding hydrogens is 232 g/mol. The maximum atomic E-state index is 4.77. The van der Waals surface area contributed by atoms with Crippen LogP contribution < -0.4 is 5.32 Å². The zero-order valence-corrected chi connectivity index (χ0v) is 12.8. The summed E-state index contributed by atoms with van der Waals surface area (Å²) in [5, 5.41) is 3.11. The summed E-state index contributed by atoms with van der Waals surface area (Å²) in [7, 11) is 1.95. The Morgan fingerprint density at radius 2 is 2.05 bits per heavy atom. The number of rotatable bonds is 5. The van der Waals surface area contributed by atoms with Crippen LogP contribution >= 0.6 is 0 Å². The van der Waals surface area contributed by atoms with E-state index in [0.29, 0.717) is 5.92 Å². The van der Waals surface area contributed by atoms with Crippen LogP contribution in [0.1, 0.15) is 27.7 Å². The normalized spacial score (nSPS) is 24.1.